The zero-order valence-electron chi connectivity index (χ0n) is 14.2. The van der Waals surface area contributed by atoms with E-state index in [1.54, 1.807) is 0 Å². The SMILES string of the molecule is CCC1CCC(N2CC(C(C)CC)NCC2CC)CC1. The minimum Gasteiger partial charge on any atom is -0.311 e. The van der Waals surface area contributed by atoms with Crippen LogP contribution in [0.2, 0.25) is 0 Å². The zero-order valence-corrected chi connectivity index (χ0v) is 14.2. The van der Waals surface area contributed by atoms with Crippen LogP contribution in [0.15, 0.2) is 0 Å². The first-order chi connectivity index (χ1) is 9.69. The first kappa shape index (κ1) is 16.3. The van der Waals surface area contributed by atoms with Gasteiger partial charge in [0.25, 0.3) is 0 Å². The average Bonchev–Trinajstić information content (AvgIpc) is 2.53. The maximum atomic E-state index is 3.82. The summed E-state index contributed by atoms with van der Waals surface area (Å²) >= 11 is 0. The third kappa shape index (κ3) is 3.76. The van der Waals surface area contributed by atoms with E-state index in [0.717, 1.165) is 23.9 Å². The highest BCUT2D eigenvalue weighted by atomic mass is 15.3. The number of hydrogen-bond donors (Lipinski definition) is 1. The van der Waals surface area contributed by atoms with Gasteiger partial charge in [0.15, 0.2) is 0 Å². The van der Waals surface area contributed by atoms with E-state index in [-0.39, 0.29) is 0 Å². The predicted octanol–water partition coefficient (Wildman–Crippen LogP) is 4.05. The van der Waals surface area contributed by atoms with E-state index in [1.807, 2.05) is 0 Å². The van der Waals surface area contributed by atoms with E-state index < -0.39 is 0 Å². The minimum absolute atomic E-state index is 0.715. The lowest BCUT2D eigenvalue weighted by Gasteiger charge is -2.47. The van der Waals surface area contributed by atoms with Gasteiger partial charge in [-0.3, -0.25) is 4.90 Å². The molecule has 0 aromatic rings. The Bertz CT molecular complexity index is 271. The van der Waals surface area contributed by atoms with Crippen molar-refractivity contribution in [3.05, 3.63) is 0 Å². The molecule has 118 valence electrons. The lowest BCUT2D eigenvalue weighted by atomic mass is 9.82. The van der Waals surface area contributed by atoms with Crippen molar-refractivity contribution in [1.29, 1.82) is 0 Å². The minimum atomic E-state index is 0.715. The summed E-state index contributed by atoms with van der Waals surface area (Å²) in [5.74, 6) is 1.82. The second-order valence-corrected chi connectivity index (χ2v) is 7.24. The van der Waals surface area contributed by atoms with Crippen LogP contribution >= 0.6 is 0 Å². The molecule has 1 saturated carbocycles. The lowest BCUT2D eigenvalue weighted by molar-refractivity contribution is 0.0397. The largest absolute Gasteiger partial charge is 0.311 e. The number of nitrogens with one attached hydrogen (secondary N) is 1. The molecule has 1 heterocycles. The van der Waals surface area contributed by atoms with Crippen molar-refractivity contribution in [3.63, 3.8) is 0 Å². The van der Waals surface area contributed by atoms with E-state index >= 15 is 0 Å². The second-order valence-electron chi connectivity index (χ2n) is 7.24. The first-order valence-electron chi connectivity index (χ1n) is 9.18. The Hall–Kier alpha value is -0.0800. The van der Waals surface area contributed by atoms with Gasteiger partial charge in [-0.15, -0.1) is 0 Å². The average molecular weight is 281 g/mol. The summed E-state index contributed by atoms with van der Waals surface area (Å²) in [5.41, 5.74) is 0. The van der Waals surface area contributed by atoms with Crippen molar-refractivity contribution in [1.82, 2.24) is 10.2 Å². The summed E-state index contributed by atoms with van der Waals surface area (Å²) in [6.45, 7) is 12.0. The van der Waals surface area contributed by atoms with E-state index in [0.29, 0.717) is 6.04 Å². The third-order valence-electron chi connectivity index (χ3n) is 6.16. The van der Waals surface area contributed by atoms with Gasteiger partial charge in [-0.25, -0.2) is 0 Å². The Kier molecular flexibility index (Phi) is 6.35. The molecule has 0 spiro atoms. The molecule has 2 heteroatoms. The smallest absolute Gasteiger partial charge is 0.0221 e. The summed E-state index contributed by atoms with van der Waals surface area (Å²) in [7, 11) is 0. The van der Waals surface area contributed by atoms with E-state index in [9.17, 15) is 0 Å². The van der Waals surface area contributed by atoms with Crippen LogP contribution in [-0.4, -0.2) is 36.1 Å². The van der Waals surface area contributed by atoms with E-state index in [1.165, 1.54) is 58.0 Å². The Morgan fingerprint density at radius 2 is 1.75 bits per heavy atom. The molecule has 1 saturated heterocycles. The van der Waals surface area contributed by atoms with Crippen LogP contribution in [0.1, 0.15) is 72.6 Å². The van der Waals surface area contributed by atoms with Crippen LogP contribution in [0, 0.1) is 11.8 Å². The normalized spacial score (nSPS) is 37.8. The van der Waals surface area contributed by atoms with Gasteiger partial charge < -0.3 is 5.32 Å². The van der Waals surface area contributed by atoms with Gasteiger partial charge in [-0.1, -0.05) is 40.5 Å². The molecule has 0 amide bonds. The van der Waals surface area contributed by atoms with Gasteiger partial charge in [0.2, 0.25) is 0 Å². The van der Waals surface area contributed by atoms with Gasteiger partial charge in [-0.05, 0) is 43.9 Å². The molecule has 0 aromatic carbocycles. The fraction of sp³-hybridized carbons (Fsp3) is 1.00. The fourth-order valence-corrected chi connectivity index (χ4v) is 4.22. The number of hydrogen-bond acceptors (Lipinski definition) is 2. The topological polar surface area (TPSA) is 15.3 Å². The van der Waals surface area contributed by atoms with Crippen molar-refractivity contribution in [2.24, 2.45) is 11.8 Å². The second kappa shape index (κ2) is 7.79. The summed E-state index contributed by atoms with van der Waals surface area (Å²) in [6, 6.07) is 2.36. The lowest BCUT2D eigenvalue weighted by Crippen LogP contribution is -2.61. The first-order valence-corrected chi connectivity index (χ1v) is 9.18. The van der Waals surface area contributed by atoms with Crippen molar-refractivity contribution < 1.29 is 0 Å². The van der Waals surface area contributed by atoms with E-state index in [4.69, 9.17) is 0 Å². The molecule has 1 N–H and O–H groups in total. The maximum Gasteiger partial charge on any atom is 0.0221 e. The number of piperazine rings is 1. The van der Waals surface area contributed by atoms with Crippen LogP contribution in [0.25, 0.3) is 0 Å². The highest BCUT2D eigenvalue weighted by Gasteiger charge is 2.34. The molecule has 2 rings (SSSR count). The standard InChI is InChI=1S/C18H36N2/c1-5-14(4)18-13-20(16(7-3)12-19-18)17-10-8-15(6-2)9-11-17/h14-19H,5-13H2,1-4H3. The van der Waals surface area contributed by atoms with Gasteiger partial charge >= 0.3 is 0 Å². The third-order valence-corrected chi connectivity index (χ3v) is 6.16. The van der Waals surface area contributed by atoms with Gasteiger partial charge in [-0.2, -0.15) is 0 Å². The molecular formula is C18H36N2. The molecule has 3 atom stereocenters. The molecule has 1 aliphatic carbocycles. The molecule has 2 fully saturated rings. The van der Waals surface area contributed by atoms with Crippen molar-refractivity contribution in [3.8, 4) is 0 Å². The quantitative estimate of drug-likeness (QED) is 0.817. The zero-order chi connectivity index (χ0) is 14.5. The molecule has 0 bridgehead atoms. The monoisotopic (exact) mass is 280 g/mol. The predicted molar refractivity (Wildman–Crippen MR) is 88.1 cm³/mol. The Labute approximate surface area is 126 Å². The maximum absolute atomic E-state index is 3.82. The molecule has 2 nitrogen and oxygen atoms in total. The van der Waals surface area contributed by atoms with Crippen LogP contribution < -0.4 is 5.32 Å². The summed E-state index contributed by atoms with van der Waals surface area (Å²) in [4.78, 5) is 2.89. The van der Waals surface area contributed by atoms with Crippen molar-refractivity contribution >= 4 is 0 Å². The summed E-state index contributed by atoms with van der Waals surface area (Å²) in [5, 5.41) is 3.82. The van der Waals surface area contributed by atoms with Crippen LogP contribution in [-0.2, 0) is 0 Å². The van der Waals surface area contributed by atoms with Gasteiger partial charge in [0.1, 0.15) is 0 Å². The van der Waals surface area contributed by atoms with Gasteiger partial charge in [0.05, 0.1) is 0 Å². The Morgan fingerprint density at radius 3 is 2.30 bits per heavy atom. The van der Waals surface area contributed by atoms with Crippen LogP contribution in [0.3, 0.4) is 0 Å². The van der Waals surface area contributed by atoms with Gasteiger partial charge in [0, 0.05) is 31.2 Å². The number of rotatable bonds is 5. The van der Waals surface area contributed by atoms with Crippen molar-refractivity contribution in [2.75, 3.05) is 13.1 Å². The van der Waals surface area contributed by atoms with Crippen LogP contribution in [0.4, 0.5) is 0 Å². The molecular weight excluding hydrogens is 244 g/mol. The highest BCUT2D eigenvalue weighted by Crippen LogP contribution is 2.32. The molecule has 0 radical (unpaired) electrons. The molecule has 20 heavy (non-hydrogen) atoms. The summed E-state index contributed by atoms with van der Waals surface area (Å²) in [6.07, 6.45) is 9.81. The molecule has 2 aliphatic rings. The van der Waals surface area contributed by atoms with Crippen LogP contribution in [0.5, 0.6) is 0 Å². The molecule has 3 unspecified atom stereocenters. The fourth-order valence-electron chi connectivity index (χ4n) is 4.22. The van der Waals surface area contributed by atoms with E-state index in [2.05, 4.69) is 37.9 Å². The van der Waals surface area contributed by atoms with Crippen molar-refractivity contribution in [2.45, 2.75) is 90.8 Å². The number of nitrogens with zero attached hydrogens (tertiary/aromatic N) is 1. The highest BCUT2D eigenvalue weighted by molar-refractivity contribution is 4.92. The Balaban J connectivity index is 1.95. The summed E-state index contributed by atoms with van der Waals surface area (Å²) < 4.78 is 0. The Morgan fingerprint density at radius 1 is 1.05 bits per heavy atom. The molecule has 0 aromatic heterocycles. The molecule has 1 aliphatic heterocycles.